The molecule has 0 atom stereocenters. The first-order valence-electron chi connectivity index (χ1n) is 7.54. The number of urea groups is 1. The lowest BCUT2D eigenvalue weighted by molar-refractivity contribution is -0.118. The summed E-state index contributed by atoms with van der Waals surface area (Å²) in [6.07, 6.45) is 1.53. The summed E-state index contributed by atoms with van der Waals surface area (Å²) < 4.78 is 5.73. The standard InChI is InChI=1S/C18H17N3O3/c1-13-2-4-15(5-3-13)12-24-16-8-6-14(7-9-16)10-19-21-11-17(22)20-18(21)23/h2-10H,11-12H2,1H3,(H,20,22,23). The highest BCUT2D eigenvalue weighted by Crippen LogP contribution is 2.14. The zero-order chi connectivity index (χ0) is 16.9. The minimum atomic E-state index is -0.505. The van der Waals surface area contributed by atoms with E-state index in [2.05, 4.69) is 22.6 Å². The molecular formula is C18H17N3O3. The van der Waals surface area contributed by atoms with Crippen LogP contribution in [0.15, 0.2) is 53.6 Å². The summed E-state index contributed by atoms with van der Waals surface area (Å²) >= 11 is 0. The maximum atomic E-state index is 11.4. The Labute approximate surface area is 139 Å². The number of rotatable bonds is 5. The van der Waals surface area contributed by atoms with Crippen molar-refractivity contribution in [2.75, 3.05) is 6.54 Å². The van der Waals surface area contributed by atoms with Crippen molar-refractivity contribution in [1.29, 1.82) is 0 Å². The normalized spacial score (nSPS) is 14.3. The first kappa shape index (κ1) is 15.7. The van der Waals surface area contributed by atoms with E-state index in [9.17, 15) is 9.59 Å². The van der Waals surface area contributed by atoms with E-state index in [4.69, 9.17) is 4.74 Å². The van der Waals surface area contributed by atoms with Crippen molar-refractivity contribution in [2.24, 2.45) is 5.10 Å². The third-order valence-electron chi connectivity index (χ3n) is 3.53. The van der Waals surface area contributed by atoms with Crippen LogP contribution in [0.5, 0.6) is 5.75 Å². The molecule has 1 aliphatic rings. The predicted molar refractivity (Wildman–Crippen MR) is 89.8 cm³/mol. The van der Waals surface area contributed by atoms with Gasteiger partial charge < -0.3 is 4.74 Å². The number of hydrogen-bond donors (Lipinski definition) is 1. The van der Waals surface area contributed by atoms with Crippen molar-refractivity contribution < 1.29 is 14.3 Å². The van der Waals surface area contributed by atoms with E-state index in [0.717, 1.165) is 21.9 Å². The Kier molecular flexibility index (Phi) is 4.56. The van der Waals surface area contributed by atoms with Gasteiger partial charge in [0.05, 0.1) is 6.21 Å². The Hall–Kier alpha value is -3.15. The number of ether oxygens (including phenoxy) is 1. The van der Waals surface area contributed by atoms with Crippen LogP contribution in [0.2, 0.25) is 0 Å². The van der Waals surface area contributed by atoms with Gasteiger partial charge in [0.2, 0.25) is 5.91 Å². The smallest absolute Gasteiger partial charge is 0.344 e. The fourth-order valence-electron chi connectivity index (χ4n) is 2.16. The number of carbonyl (C=O) groups is 2. The lowest BCUT2D eigenvalue weighted by Gasteiger charge is -2.07. The molecule has 3 amide bonds. The molecule has 24 heavy (non-hydrogen) atoms. The number of nitrogens with one attached hydrogen (secondary N) is 1. The number of benzene rings is 2. The molecule has 0 aliphatic carbocycles. The number of imide groups is 1. The Bertz CT molecular complexity index is 767. The summed E-state index contributed by atoms with van der Waals surface area (Å²) in [6.45, 7) is 2.50. The molecule has 0 aromatic heterocycles. The highest BCUT2D eigenvalue weighted by Gasteiger charge is 2.25. The molecule has 0 unspecified atom stereocenters. The van der Waals surface area contributed by atoms with Gasteiger partial charge >= 0.3 is 6.03 Å². The zero-order valence-electron chi connectivity index (χ0n) is 13.2. The van der Waals surface area contributed by atoms with Gasteiger partial charge in [-0.1, -0.05) is 29.8 Å². The van der Waals surface area contributed by atoms with Crippen LogP contribution in [0.1, 0.15) is 16.7 Å². The second-order valence-corrected chi connectivity index (χ2v) is 5.50. The molecule has 3 rings (SSSR count). The first-order valence-corrected chi connectivity index (χ1v) is 7.54. The molecule has 6 heteroatoms. The molecule has 2 aromatic rings. The van der Waals surface area contributed by atoms with Gasteiger partial charge in [0.25, 0.3) is 0 Å². The minimum Gasteiger partial charge on any atom is -0.489 e. The highest BCUT2D eigenvalue weighted by atomic mass is 16.5. The summed E-state index contributed by atoms with van der Waals surface area (Å²) in [5.74, 6) is 0.402. The van der Waals surface area contributed by atoms with Crippen molar-refractivity contribution in [3.05, 3.63) is 65.2 Å². The van der Waals surface area contributed by atoms with E-state index in [-0.39, 0.29) is 12.5 Å². The molecule has 6 nitrogen and oxygen atoms in total. The third-order valence-corrected chi connectivity index (χ3v) is 3.53. The second-order valence-electron chi connectivity index (χ2n) is 5.50. The Morgan fingerprint density at radius 3 is 2.46 bits per heavy atom. The van der Waals surface area contributed by atoms with Gasteiger partial charge in [0.15, 0.2) is 0 Å². The molecule has 1 heterocycles. The molecule has 1 N–H and O–H groups in total. The summed E-state index contributed by atoms with van der Waals surface area (Å²) in [6, 6.07) is 15.0. The maximum Gasteiger partial charge on any atom is 0.344 e. The van der Waals surface area contributed by atoms with Gasteiger partial charge in [-0.25, -0.2) is 9.80 Å². The molecule has 0 saturated carbocycles. The monoisotopic (exact) mass is 323 g/mol. The van der Waals surface area contributed by atoms with Gasteiger partial charge in [-0.3, -0.25) is 10.1 Å². The number of nitrogens with zero attached hydrogens (tertiary/aromatic N) is 2. The van der Waals surface area contributed by atoms with E-state index >= 15 is 0 Å². The topological polar surface area (TPSA) is 71.0 Å². The van der Waals surface area contributed by atoms with Crippen molar-refractivity contribution in [3.63, 3.8) is 0 Å². The van der Waals surface area contributed by atoms with Crippen molar-refractivity contribution in [3.8, 4) is 5.75 Å². The molecule has 122 valence electrons. The molecule has 1 fully saturated rings. The lowest BCUT2D eigenvalue weighted by atomic mass is 10.2. The summed E-state index contributed by atoms with van der Waals surface area (Å²) in [5.41, 5.74) is 3.14. The number of aryl methyl sites for hydroxylation is 1. The fraction of sp³-hybridized carbons (Fsp3) is 0.167. The molecule has 1 aliphatic heterocycles. The number of carbonyl (C=O) groups excluding carboxylic acids is 2. The molecule has 2 aromatic carbocycles. The molecule has 0 spiro atoms. The van der Waals surface area contributed by atoms with E-state index in [1.165, 1.54) is 11.8 Å². The average Bonchev–Trinajstić information content (AvgIpc) is 2.91. The highest BCUT2D eigenvalue weighted by molar-refractivity contribution is 6.02. The van der Waals surface area contributed by atoms with E-state index in [0.29, 0.717) is 6.61 Å². The van der Waals surface area contributed by atoms with Gasteiger partial charge in [0.1, 0.15) is 18.9 Å². The summed E-state index contributed by atoms with van der Waals surface area (Å²) in [4.78, 5) is 22.4. The number of amides is 3. The summed E-state index contributed by atoms with van der Waals surface area (Å²) in [7, 11) is 0. The van der Waals surface area contributed by atoms with Crippen LogP contribution in [-0.2, 0) is 11.4 Å². The molecular weight excluding hydrogens is 306 g/mol. The van der Waals surface area contributed by atoms with Crippen molar-refractivity contribution in [2.45, 2.75) is 13.5 Å². The maximum absolute atomic E-state index is 11.4. The van der Waals surface area contributed by atoms with Gasteiger partial charge in [0, 0.05) is 0 Å². The molecule has 0 radical (unpaired) electrons. The van der Waals surface area contributed by atoms with E-state index in [1.807, 2.05) is 43.3 Å². The Balaban J connectivity index is 1.56. The molecule has 0 bridgehead atoms. The Morgan fingerprint density at radius 1 is 1.12 bits per heavy atom. The Morgan fingerprint density at radius 2 is 1.83 bits per heavy atom. The average molecular weight is 323 g/mol. The van der Waals surface area contributed by atoms with Crippen LogP contribution < -0.4 is 10.1 Å². The second kappa shape index (κ2) is 6.95. The fourth-order valence-corrected chi connectivity index (χ4v) is 2.16. The minimum absolute atomic E-state index is 0.0485. The van der Waals surface area contributed by atoms with Crippen LogP contribution >= 0.6 is 0 Å². The van der Waals surface area contributed by atoms with E-state index < -0.39 is 6.03 Å². The first-order chi connectivity index (χ1) is 11.6. The lowest BCUT2D eigenvalue weighted by Crippen LogP contribution is -2.24. The van der Waals surface area contributed by atoms with Crippen LogP contribution in [0.4, 0.5) is 4.79 Å². The van der Waals surface area contributed by atoms with Gasteiger partial charge in [-0.05, 0) is 42.3 Å². The van der Waals surface area contributed by atoms with Crippen LogP contribution in [-0.4, -0.2) is 29.7 Å². The summed E-state index contributed by atoms with van der Waals surface area (Å²) in [5, 5.41) is 7.24. The van der Waals surface area contributed by atoms with Crippen molar-refractivity contribution in [1.82, 2.24) is 10.3 Å². The van der Waals surface area contributed by atoms with Crippen LogP contribution in [0.25, 0.3) is 0 Å². The molecule has 1 saturated heterocycles. The van der Waals surface area contributed by atoms with Crippen LogP contribution in [0.3, 0.4) is 0 Å². The zero-order valence-corrected chi connectivity index (χ0v) is 13.2. The number of hydrogen-bond acceptors (Lipinski definition) is 4. The van der Waals surface area contributed by atoms with Gasteiger partial charge in [-0.15, -0.1) is 0 Å². The van der Waals surface area contributed by atoms with Crippen LogP contribution in [0, 0.1) is 6.92 Å². The number of hydrazone groups is 1. The SMILES string of the molecule is Cc1ccc(COc2ccc(C=NN3CC(=O)NC3=O)cc2)cc1. The van der Waals surface area contributed by atoms with Crippen molar-refractivity contribution >= 4 is 18.2 Å². The van der Waals surface area contributed by atoms with E-state index in [1.54, 1.807) is 0 Å². The van der Waals surface area contributed by atoms with Gasteiger partial charge in [-0.2, -0.15) is 5.10 Å². The largest absolute Gasteiger partial charge is 0.489 e. The quantitative estimate of drug-likeness (QED) is 0.679. The predicted octanol–water partition coefficient (Wildman–Crippen LogP) is 2.46. The third kappa shape index (κ3) is 3.98.